The van der Waals surface area contributed by atoms with Gasteiger partial charge in [0.2, 0.25) is 10.0 Å². The number of amides is 1. The Balaban J connectivity index is 2.87. The van der Waals surface area contributed by atoms with E-state index in [4.69, 9.17) is 9.88 Å². The van der Waals surface area contributed by atoms with Gasteiger partial charge in [-0.05, 0) is 38.1 Å². The molecule has 7 nitrogen and oxygen atoms in total. The number of ether oxygens (including phenoxy) is 1. The van der Waals surface area contributed by atoms with Crippen LogP contribution in [0, 0.1) is 0 Å². The standard InChI is InChI=1S/C14H23N3O4S/c1-4-7-16-10(2)9-17-14(18)12-8-11(22(15,19)20)5-6-13(12)21-3/h5-6,8,10,16H,4,7,9H2,1-3H3,(H,17,18)(H2,15,19,20). The highest BCUT2D eigenvalue weighted by Gasteiger charge is 2.17. The van der Waals surface area contributed by atoms with E-state index < -0.39 is 15.9 Å². The number of methoxy groups -OCH3 is 1. The molecule has 1 unspecified atom stereocenters. The number of nitrogens with one attached hydrogen (secondary N) is 2. The number of sulfonamides is 1. The minimum atomic E-state index is -3.88. The summed E-state index contributed by atoms with van der Waals surface area (Å²) in [7, 11) is -2.46. The SMILES string of the molecule is CCCNC(C)CNC(=O)c1cc(S(N)(=O)=O)ccc1OC. The molecule has 0 aliphatic heterocycles. The minimum Gasteiger partial charge on any atom is -0.496 e. The Bertz CT molecular complexity index is 617. The number of hydrogen-bond acceptors (Lipinski definition) is 5. The van der Waals surface area contributed by atoms with Gasteiger partial charge in [-0.1, -0.05) is 6.92 Å². The van der Waals surface area contributed by atoms with Crippen molar-refractivity contribution in [2.75, 3.05) is 20.2 Å². The molecule has 124 valence electrons. The summed E-state index contributed by atoms with van der Waals surface area (Å²) in [5.41, 5.74) is 0.136. The second kappa shape index (κ2) is 8.11. The summed E-state index contributed by atoms with van der Waals surface area (Å²) in [5, 5.41) is 11.1. The number of carbonyl (C=O) groups excluding carboxylic acids is 1. The topological polar surface area (TPSA) is 111 Å². The van der Waals surface area contributed by atoms with E-state index in [1.807, 2.05) is 6.92 Å². The Morgan fingerprint density at radius 2 is 2.09 bits per heavy atom. The quantitative estimate of drug-likeness (QED) is 0.642. The van der Waals surface area contributed by atoms with Crippen LogP contribution in [0.2, 0.25) is 0 Å². The third-order valence-electron chi connectivity index (χ3n) is 3.06. The third kappa shape index (κ3) is 5.28. The van der Waals surface area contributed by atoms with Crippen molar-refractivity contribution in [3.05, 3.63) is 23.8 Å². The number of nitrogens with two attached hydrogens (primary N) is 1. The van der Waals surface area contributed by atoms with Gasteiger partial charge in [0.05, 0.1) is 17.6 Å². The fourth-order valence-corrected chi connectivity index (χ4v) is 2.39. The monoisotopic (exact) mass is 329 g/mol. The van der Waals surface area contributed by atoms with Crippen LogP contribution in [-0.2, 0) is 10.0 Å². The summed E-state index contributed by atoms with van der Waals surface area (Å²) in [6.07, 6.45) is 1.00. The van der Waals surface area contributed by atoms with Gasteiger partial charge in [0.25, 0.3) is 5.91 Å². The normalized spacial score (nSPS) is 12.7. The van der Waals surface area contributed by atoms with Gasteiger partial charge in [-0.3, -0.25) is 4.79 Å². The van der Waals surface area contributed by atoms with Crippen LogP contribution in [-0.4, -0.2) is 40.6 Å². The molecule has 0 spiro atoms. The van der Waals surface area contributed by atoms with Crippen molar-refractivity contribution in [1.82, 2.24) is 10.6 Å². The van der Waals surface area contributed by atoms with Crippen LogP contribution in [0.5, 0.6) is 5.75 Å². The highest BCUT2D eigenvalue weighted by atomic mass is 32.2. The second-order valence-electron chi connectivity index (χ2n) is 4.97. The summed E-state index contributed by atoms with van der Waals surface area (Å²) in [4.78, 5) is 12.1. The van der Waals surface area contributed by atoms with Crippen molar-refractivity contribution in [2.45, 2.75) is 31.2 Å². The highest BCUT2D eigenvalue weighted by molar-refractivity contribution is 7.89. The van der Waals surface area contributed by atoms with Crippen LogP contribution in [0.1, 0.15) is 30.6 Å². The Morgan fingerprint density at radius 1 is 1.41 bits per heavy atom. The van der Waals surface area contributed by atoms with E-state index in [9.17, 15) is 13.2 Å². The second-order valence-corrected chi connectivity index (χ2v) is 6.53. The molecule has 0 saturated heterocycles. The molecule has 0 aliphatic rings. The lowest BCUT2D eigenvalue weighted by atomic mass is 10.2. The maximum Gasteiger partial charge on any atom is 0.255 e. The molecule has 0 radical (unpaired) electrons. The van der Waals surface area contributed by atoms with Crippen LogP contribution in [0.15, 0.2) is 23.1 Å². The lowest BCUT2D eigenvalue weighted by Gasteiger charge is -2.15. The van der Waals surface area contributed by atoms with Gasteiger partial charge in [0, 0.05) is 12.6 Å². The van der Waals surface area contributed by atoms with Crippen molar-refractivity contribution in [3.8, 4) is 5.75 Å². The van der Waals surface area contributed by atoms with Crippen LogP contribution >= 0.6 is 0 Å². The van der Waals surface area contributed by atoms with Crippen molar-refractivity contribution in [1.29, 1.82) is 0 Å². The molecule has 1 amide bonds. The average Bonchev–Trinajstić information content (AvgIpc) is 2.48. The molecule has 8 heteroatoms. The van der Waals surface area contributed by atoms with Gasteiger partial charge in [-0.2, -0.15) is 0 Å². The molecule has 0 heterocycles. The van der Waals surface area contributed by atoms with Crippen molar-refractivity contribution >= 4 is 15.9 Å². The van der Waals surface area contributed by atoms with E-state index >= 15 is 0 Å². The molecule has 0 bridgehead atoms. The lowest BCUT2D eigenvalue weighted by Crippen LogP contribution is -2.39. The van der Waals surface area contributed by atoms with Crippen molar-refractivity contribution in [2.24, 2.45) is 5.14 Å². The van der Waals surface area contributed by atoms with Gasteiger partial charge >= 0.3 is 0 Å². The van der Waals surface area contributed by atoms with Crippen molar-refractivity contribution in [3.63, 3.8) is 0 Å². The van der Waals surface area contributed by atoms with E-state index in [-0.39, 0.29) is 16.5 Å². The number of hydrogen-bond donors (Lipinski definition) is 3. The van der Waals surface area contributed by atoms with E-state index in [0.717, 1.165) is 13.0 Å². The minimum absolute atomic E-state index is 0.108. The fourth-order valence-electron chi connectivity index (χ4n) is 1.85. The van der Waals surface area contributed by atoms with Gasteiger partial charge in [0.15, 0.2) is 0 Å². The molecule has 1 aromatic rings. The maximum absolute atomic E-state index is 12.2. The summed E-state index contributed by atoms with van der Waals surface area (Å²) >= 11 is 0. The van der Waals surface area contributed by atoms with E-state index in [0.29, 0.717) is 12.3 Å². The summed E-state index contributed by atoms with van der Waals surface area (Å²) in [5.74, 6) is -0.119. The fraction of sp³-hybridized carbons (Fsp3) is 0.500. The Hall–Kier alpha value is -1.64. The molecule has 0 fully saturated rings. The molecule has 0 aliphatic carbocycles. The Morgan fingerprint density at radius 3 is 2.64 bits per heavy atom. The first-order chi connectivity index (χ1) is 10.3. The van der Waals surface area contributed by atoms with Gasteiger partial charge in [-0.25, -0.2) is 13.6 Å². The molecule has 1 atom stereocenters. The van der Waals surface area contributed by atoms with Crippen LogP contribution in [0.25, 0.3) is 0 Å². The third-order valence-corrected chi connectivity index (χ3v) is 3.97. The van der Waals surface area contributed by atoms with E-state index in [1.54, 1.807) is 0 Å². The summed E-state index contributed by atoms with van der Waals surface area (Å²) in [6, 6.07) is 4.04. The summed E-state index contributed by atoms with van der Waals surface area (Å²) in [6.45, 7) is 5.29. The molecule has 1 rings (SSSR count). The molecule has 4 N–H and O–H groups in total. The number of rotatable bonds is 8. The van der Waals surface area contributed by atoms with Crippen LogP contribution in [0.3, 0.4) is 0 Å². The largest absolute Gasteiger partial charge is 0.496 e. The maximum atomic E-state index is 12.2. The van der Waals surface area contributed by atoms with Crippen molar-refractivity contribution < 1.29 is 17.9 Å². The molecule has 0 aromatic heterocycles. The molecular weight excluding hydrogens is 306 g/mol. The number of carbonyl (C=O) groups is 1. The van der Waals surface area contributed by atoms with Gasteiger partial charge in [0.1, 0.15) is 5.75 Å². The first-order valence-corrected chi connectivity index (χ1v) is 8.56. The summed E-state index contributed by atoms with van der Waals surface area (Å²) < 4.78 is 27.9. The molecular formula is C14H23N3O4S. The van der Waals surface area contributed by atoms with E-state index in [1.165, 1.54) is 25.3 Å². The Kier molecular flexibility index (Phi) is 6.79. The number of benzene rings is 1. The zero-order valence-electron chi connectivity index (χ0n) is 13.0. The zero-order chi connectivity index (χ0) is 16.8. The highest BCUT2D eigenvalue weighted by Crippen LogP contribution is 2.21. The van der Waals surface area contributed by atoms with Crippen LogP contribution < -0.4 is 20.5 Å². The average molecular weight is 329 g/mol. The smallest absolute Gasteiger partial charge is 0.255 e. The first kappa shape index (κ1) is 18.4. The first-order valence-electron chi connectivity index (χ1n) is 7.02. The van der Waals surface area contributed by atoms with Gasteiger partial charge in [-0.15, -0.1) is 0 Å². The molecule has 0 saturated carbocycles. The predicted molar refractivity (Wildman–Crippen MR) is 84.5 cm³/mol. The van der Waals surface area contributed by atoms with E-state index in [2.05, 4.69) is 17.6 Å². The molecule has 22 heavy (non-hydrogen) atoms. The number of primary sulfonamides is 1. The molecule has 1 aromatic carbocycles. The van der Waals surface area contributed by atoms with Gasteiger partial charge < -0.3 is 15.4 Å². The lowest BCUT2D eigenvalue weighted by molar-refractivity contribution is 0.0947. The predicted octanol–water partition coefficient (Wildman–Crippen LogP) is 0.461. The Labute approximate surface area is 131 Å². The zero-order valence-corrected chi connectivity index (χ0v) is 13.9. The van der Waals surface area contributed by atoms with Crippen LogP contribution in [0.4, 0.5) is 0 Å².